The van der Waals surface area contributed by atoms with Crippen molar-refractivity contribution in [2.45, 2.75) is 0 Å². The first-order valence-electron chi connectivity index (χ1n) is 3.91. The maximum Gasteiger partial charge on any atom is 0.335 e. The molecule has 0 aliphatic heterocycles. The van der Waals surface area contributed by atoms with E-state index in [2.05, 4.69) is 37.2 Å². The maximum absolute atomic E-state index is 10.6. The highest BCUT2D eigenvalue weighted by Gasteiger charge is 2.14. The molecule has 1 rings (SSSR count). The molecule has 0 aliphatic rings. The Labute approximate surface area is 119 Å². The molecule has 6 nitrogen and oxygen atoms in total. The minimum atomic E-state index is -1.37. The number of hydrogen-bond donors (Lipinski definition) is 3. The van der Waals surface area contributed by atoms with Gasteiger partial charge in [0, 0.05) is 37.2 Å². The van der Waals surface area contributed by atoms with Crippen molar-refractivity contribution in [3.8, 4) is 0 Å². The maximum atomic E-state index is 10.6. The van der Waals surface area contributed by atoms with Gasteiger partial charge in [-0.25, -0.2) is 14.4 Å². The van der Waals surface area contributed by atoms with Gasteiger partial charge in [0.05, 0.1) is 16.7 Å². The quantitative estimate of drug-likeness (QED) is 0.594. The van der Waals surface area contributed by atoms with Gasteiger partial charge in [0.2, 0.25) is 0 Å². The predicted octanol–water partition coefficient (Wildman–Crippen LogP) is 2.55. The molecule has 0 heterocycles. The van der Waals surface area contributed by atoms with Gasteiger partial charge in [0.1, 0.15) is 0 Å². The van der Waals surface area contributed by atoms with Crippen LogP contribution in [-0.2, 0) is 0 Å². The van der Waals surface area contributed by atoms with Gasteiger partial charge < -0.3 is 15.3 Å². The normalized spacial score (nSPS) is 8.82. The van der Waals surface area contributed by atoms with E-state index in [0.717, 1.165) is 18.2 Å². The SMILES string of the molecule is II.O=C(O)c1cc(C(=O)O)cc(C(=O)O)c1. The van der Waals surface area contributed by atoms with E-state index in [0.29, 0.717) is 0 Å². The summed E-state index contributed by atoms with van der Waals surface area (Å²) in [6.45, 7) is 0. The fraction of sp³-hybridized carbons (Fsp3) is 0. The van der Waals surface area contributed by atoms with E-state index in [4.69, 9.17) is 15.3 Å². The van der Waals surface area contributed by atoms with Crippen LogP contribution in [0.3, 0.4) is 0 Å². The van der Waals surface area contributed by atoms with E-state index >= 15 is 0 Å². The van der Waals surface area contributed by atoms with Crippen LogP contribution in [0, 0.1) is 0 Å². The van der Waals surface area contributed by atoms with Crippen LogP contribution in [0.15, 0.2) is 18.2 Å². The lowest BCUT2D eigenvalue weighted by Gasteiger charge is -2.00. The first-order valence-corrected chi connectivity index (χ1v) is 10.2. The van der Waals surface area contributed by atoms with Crippen molar-refractivity contribution in [1.82, 2.24) is 0 Å². The molecule has 0 aromatic heterocycles. The van der Waals surface area contributed by atoms with Gasteiger partial charge in [0.25, 0.3) is 0 Å². The van der Waals surface area contributed by atoms with Crippen molar-refractivity contribution in [1.29, 1.82) is 0 Å². The minimum Gasteiger partial charge on any atom is -0.478 e. The lowest BCUT2D eigenvalue weighted by molar-refractivity contribution is 0.0696. The predicted molar refractivity (Wildman–Crippen MR) is 75.4 cm³/mol. The molecule has 0 atom stereocenters. The zero-order valence-electron chi connectivity index (χ0n) is 8.05. The first kappa shape index (κ1) is 16.1. The summed E-state index contributed by atoms with van der Waals surface area (Å²) < 4.78 is 0. The molecule has 8 heteroatoms. The van der Waals surface area contributed by atoms with E-state index in [1.54, 1.807) is 0 Å². The molecule has 0 saturated heterocycles. The summed E-state index contributed by atoms with van der Waals surface area (Å²) >= 11 is 4.24. The van der Waals surface area contributed by atoms with E-state index in [1.165, 1.54) is 0 Å². The zero-order valence-corrected chi connectivity index (χ0v) is 12.4. The Hall–Kier alpha value is -0.910. The molecule has 1 aromatic carbocycles. The molecule has 0 bridgehead atoms. The third-order valence-corrected chi connectivity index (χ3v) is 1.67. The summed E-state index contributed by atoms with van der Waals surface area (Å²) in [5, 5.41) is 25.8. The van der Waals surface area contributed by atoms with Crippen LogP contribution >= 0.6 is 37.2 Å². The molecule has 17 heavy (non-hydrogen) atoms. The van der Waals surface area contributed by atoms with Crippen LogP contribution in [0.2, 0.25) is 0 Å². The van der Waals surface area contributed by atoms with Gasteiger partial charge in [-0.3, -0.25) is 0 Å². The highest BCUT2D eigenvalue weighted by molar-refractivity contribution is 15.0. The monoisotopic (exact) mass is 464 g/mol. The van der Waals surface area contributed by atoms with Crippen molar-refractivity contribution in [3.05, 3.63) is 34.9 Å². The molecule has 0 unspecified atom stereocenters. The third kappa shape index (κ3) is 4.85. The molecular formula is C9H6I2O6. The number of aromatic carboxylic acids is 3. The molecule has 1 aromatic rings. The first-order chi connectivity index (χ1) is 7.91. The van der Waals surface area contributed by atoms with Gasteiger partial charge >= 0.3 is 17.9 Å². The van der Waals surface area contributed by atoms with Crippen molar-refractivity contribution in [2.75, 3.05) is 0 Å². The fourth-order valence-electron chi connectivity index (χ4n) is 0.998. The van der Waals surface area contributed by atoms with Crippen molar-refractivity contribution >= 4 is 55.1 Å². The Morgan fingerprint density at radius 1 is 0.706 bits per heavy atom. The Morgan fingerprint density at radius 2 is 0.882 bits per heavy atom. The number of halogens is 2. The second kappa shape index (κ2) is 7.42. The molecule has 3 N–H and O–H groups in total. The van der Waals surface area contributed by atoms with Gasteiger partial charge in [-0.15, -0.1) is 0 Å². The highest BCUT2D eigenvalue weighted by atomic mass is 128. The van der Waals surface area contributed by atoms with Crippen LogP contribution in [0.5, 0.6) is 0 Å². The second-order valence-corrected chi connectivity index (χ2v) is 2.71. The number of rotatable bonds is 3. The van der Waals surface area contributed by atoms with E-state index < -0.39 is 17.9 Å². The van der Waals surface area contributed by atoms with Crippen LogP contribution in [0.25, 0.3) is 0 Å². The van der Waals surface area contributed by atoms with Crippen molar-refractivity contribution < 1.29 is 29.7 Å². The standard InChI is InChI=1S/C9H6O6.I2/c10-7(11)4-1-5(8(12)13)3-6(2-4)9(14)15;1-2/h1-3H,(H,10,11)(H,12,13)(H,14,15);. The van der Waals surface area contributed by atoms with E-state index in [9.17, 15) is 14.4 Å². The van der Waals surface area contributed by atoms with Crippen molar-refractivity contribution in [3.63, 3.8) is 0 Å². The number of carboxylic acids is 3. The van der Waals surface area contributed by atoms with Gasteiger partial charge in [-0.1, -0.05) is 0 Å². The number of hydrogen-bond acceptors (Lipinski definition) is 3. The largest absolute Gasteiger partial charge is 0.478 e. The summed E-state index contributed by atoms with van der Waals surface area (Å²) in [5.41, 5.74) is -1.10. The molecule has 0 fully saturated rings. The zero-order chi connectivity index (χ0) is 13.6. The molecule has 0 aliphatic carbocycles. The lowest BCUT2D eigenvalue weighted by atomic mass is 10.1. The Balaban J connectivity index is 0.00000121. The van der Waals surface area contributed by atoms with Crippen molar-refractivity contribution in [2.24, 2.45) is 0 Å². The molecule has 92 valence electrons. The number of carboxylic acid groups (broad SMARTS) is 3. The average Bonchev–Trinajstić information content (AvgIpc) is 2.30. The van der Waals surface area contributed by atoms with Gasteiger partial charge in [0.15, 0.2) is 0 Å². The minimum absolute atomic E-state index is 0.368. The Kier molecular flexibility index (Phi) is 7.03. The second-order valence-electron chi connectivity index (χ2n) is 2.71. The summed E-state index contributed by atoms with van der Waals surface area (Å²) in [6.07, 6.45) is 0. The van der Waals surface area contributed by atoms with Crippen LogP contribution < -0.4 is 0 Å². The summed E-state index contributed by atoms with van der Waals surface area (Å²) in [7, 11) is 0. The molecule has 0 radical (unpaired) electrons. The summed E-state index contributed by atoms with van der Waals surface area (Å²) in [6, 6.07) is 2.70. The number of carbonyl (C=O) groups is 3. The van der Waals surface area contributed by atoms with Crippen LogP contribution in [0.1, 0.15) is 31.1 Å². The lowest BCUT2D eigenvalue weighted by Crippen LogP contribution is -2.07. The van der Waals surface area contributed by atoms with Gasteiger partial charge in [-0.05, 0) is 18.2 Å². The molecule has 0 saturated carbocycles. The average molecular weight is 464 g/mol. The summed E-state index contributed by atoms with van der Waals surface area (Å²) in [4.78, 5) is 31.7. The highest BCUT2D eigenvalue weighted by Crippen LogP contribution is 2.11. The van der Waals surface area contributed by atoms with Crippen LogP contribution in [0.4, 0.5) is 0 Å². The van der Waals surface area contributed by atoms with Gasteiger partial charge in [-0.2, -0.15) is 0 Å². The fourth-order valence-corrected chi connectivity index (χ4v) is 0.998. The van der Waals surface area contributed by atoms with E-state index in [1.807, 2.05) is 0 Å². The Morgan fingerprint density at radius 3 is 1.00 bits per heavy atom. The number of benzene rings is 1. The summed E-state index contributed by atoms with van der Waals surface area (Å²) in [5.74, 6) is -4.12. The topological polar surface area (TPSA) is 112 Å². The molecular weight excluding hydrogens is 458 g/mol. The smallest absolute Gasteiger partial charge is 0.335 e. The molecule has 0 amide bonds. The van der Waals surface area contributed by atoms with E-state index in [-0.39, 0.29) is 16.7 Å². The van der Waals surface area contributed by atoms with Crippen LogP contribution in [-0.4, -0.2) is 33.2 Å². The molecule has 0 spiro atoms. The Bertz CT molecular complexity index is 378. The third-order valence-electron chi connectivity index (χ3n) is 1.67.